The van der Waals surface area contributed by atoms with Gasteiger partial charge in [-0.2, -0.15) is 0 Å². The van der Waals surface area contributed by atoms with Crippen LogP contribution in [0.2, 0.25) is 0 Å². The molecule has 0 aliphatic heterocycles. The van der Waals surface area contributed by atoms with Crippen LogP contribution in [-0.2, 0) is 0 Å². The molecule has 0 aromatic rings. The van der Waals surface area contributed by atoms with E-state index in [0.29, 0.717) is 0 Å². The van der Waals surface area contributed by atoms with Crippen molar-refractivity contribution in [2.75, 3.05) is 0 Å². The SMILES string of the molecule is ClC(=NC1CCCCC1)C(Cl)(Cl)Cl. The Morgan fingerprint density at radius 2 is 1.62 bits per heavy atom. The number of hydrogen-bond donors (Lipinski definition) is 0. The van der Waals surface area contributed by atoms with Gasteiger partial charge in [-0.15, -0.1) is 0 Å². The molecule has 1 rings (SSSR count). The third-order valence-corrected chi connectivity index (χ3v) is 3.31. The number of halogens is 4. The van der Waals surface area contributed by atoms with Gasteiger partial charge in [-0.25, -0.2) is 0 Å². The van der Waals surface area contributed by atoms with Gasteiger partial charge in [-0.1, -0.05) is 65.7 Å². The molecule has 0 N–H and O–H groups in total. The molecule has 13 heavy (non-hydrogen) atoms. The molecular weight excluding hydrogens is 252 g/mol. The smallest absolute Gasteiger partial charge is 0.242 e. The van der Waals surface area contributed by atoms with E-state index in [-0.39, 0.29) is 11.2 Å². The Bertz CT molecular complexity index is 191. The van der Waals surface area contributed by atoms with Crippen LogP contribution < -0.4 is 0 Å². The first kappa shape index (κ1) is 11.9. The van der Waals surface area contributed by atoms with Gasteiger partial charge in [-0.05, 0) is 12.8 Å². The Kier molecular flexibility index (Phi) is 4.64. The molecule has 0 saturated heterocycles. The van der Waals surface area contributed by atoms with Crippen LogP contribution in [0.4, 0.5) is 0 Å². The average Bonchev–Trinajstić information content (AvgIpc) is 2.04. The molecule has 0 aromatic carbocycles. The molecular formula is C8H11Cl4N. The minimum atomic E-state index is -1.56. The van der Waals surface area contributed by atoms with Crippen LogP contribution in [0.5, 0.6) is 0 Å². The minimum Gasteiger partial charge on any atom is -0.270 e. The van der Waals surface area contributed by atoms with Crippen molar-refractivity contribution in [3.8, 4) is 0 Å². The third kappa shape index (κ3) is 4.24. The van der Waals surface area contributed by atoms with E-state index < -0.39 is 3.79 Å². The Hall–Kier alpha value is 0.830. The van der Waals surface area contributed by atoms with Crippen LogP contribution in [0.25, 0.3) is 0 Å². The molecule has 1 fully saturated rings. The van der Waals surface area contributed by atoms with E-state index in [2.05, 4.69) is 4.99 Å². The summed E-state index contributed by atoms with van der Waals surface area (Å²) in [5, 5.41) is 0.0874. The maximum absolute atomic E-state index is 5.74. The minimum absolute atomic E-state index is 0.0874. The van der Waals surface area contributed by atoms with Crippen LogP contribution in [0.15, 0.2) is 4.99 Å². The Labute approximate surface area is 98.4 Å². The summed E-state index contributed by atoms with van der Waals surface area (Å²) in [6.07, 6.45) is 5.77. The normalized spacial score (nSPS) is 22.0. The first-order valence-electron chi connectivity index (χ1n) is 4.30. The van der Waals surface area contributed by atoms with Gasteiger partial charge in [-0.3, -0.25) is 4.99 Å². The lowest BCUT2D eigenvalue weighted by Gasteiger charge is -2.19. The number of aliphatic imine (C=N–C) groups is 1. The maximum Gasteiger partial charge on any atom is 0.242 e. The molecule has 1 aliphatic rings. The van der Waals surface area contributed by atoms with Gasteiger partial charge in [0.1, 0.15) is 0 Å². The van der Waals surface area contributed by atoms with E-state index >= 15 is 0 Å². The molecule has 0 bridgehead atoms. The van der Waals surface area contributed by atoms with Gasteiger partial charge in [0.25, 0.3) is 0 Å². The maximum atomic E-state index is 5.74. The van der Waals surface area contributed by atoms with Gasteiger partial charge in [0.2, 0.25) is 3.79 Å². The standard InChI is InChI=1S/C8H11Cl4N/c9-7(8(10,11)12)13-6-4-2-1-3-5-6/h6H,1-5H2. The first-order valence-corrected chi connectivity index (χ1v) is 5.82. The zero-order chi connectivity index (χ0) is 9.90. The van der Waals surface area contributed by atoms with Gasteiger partial charge in [0.05, 0.1) is 6.04 Å². The van der Waals surface area contributed by atoms with Crippen molar-refractivity contribution < 1.29 is 0 Å². The first-order chi connectivity index (χ1) is 6.00. The average molecular weight is 263 g/mol. The summed E-state index contributed by atoms with van der Waals surface area (Å²) in [5.41, 5.74) is 0. The van der Waals surface area contributed by atoms with Crippen molar-refractivity contribution >= 4 is 51.6 Å². The largest absolute Gasteiger partial charge is 0.270 e. The molecule has 0 spiro atoms. The second-order valence-corrected chi connectivity index (χ2v) is 5.85. The molecule has 1 aliphatic carbocycles. The fourth-order valence-corrected chi connectivity index (χ4v) is 1.73. The Morgan fingerprint density at radius 1 is 1.08 bits per heavy atom. The molecule has 0 heterocycles. The van der Waals surface area contributed by atoms with Gasteiger partial charge >= 0.3 is 0 Å². The fraction of sp³-hybridized carbons (Fsp3) is 0.875. The van der Waals surface area contributed by atoms with Crippen LogP contribution in [0.3, 0.4) is 0 Å². The predicted octanol–water partition coefficient (Wildman–Crippen LogP) is 4.33. The lowest BCUT2D eigenvalue weighted by Crippen LogP contribution is -2.18. The van der Waals surface area contributed by atoms with Crippen molar-refractivity contribution in [3.63, 3.8) is 0 Å². The van der Waals surface area contributed by atoms with Crippen LogP contribution in [0, 0.1) is 0 Å². The van der Waals surface area contributed by atoms with E-state index in [1.54, 1.807) is 0 Å². The molecule has 76 valence electrons. The van der Waals surface area contributed by atoms with Crippen molar-refractivity contribution in [3.05, 3.63) is 0 Å². The predicted molar refractivity (Wildman–Crippen MR) is 60.5 cm³/mol. The summed E-state index contributed by atoms with van der Waals surface area (Å²) >= 11 is 22.5. The molecule has 1 nitrogen and oxygen atoms in total. The van der Waals surface area contributed by atoms with Crippen molar-refractivity contribution in [2.24, 2.45) is 4.99 Å². The van der Waals surface area contributed by atoms with E-state index in [4.69, 9.17) is 46.4 Å². The molecule has 0 atom stereocenters. The van der Waals surface area contributed by atoms with E-state index in [9.17, 15) is 0 Å². The highest BCUT2D eigenvalue weighted by Gasteiger charge is 2.27. The molecule has 0 radical (unpaired) electrons. The van der Waals surface area contributed by atoms with E-state index in [1.165, 1.54) is 19.3 Å². The Balaban J connectivity index is 2.53. The topological polar surface area (TPSA) is 12.4 Å². The highest BCUT2D eigenvalue weighted by Crippen LogP contribution is 2.31. The highest BCUT2D eigenvalue weighted by atomic mass is 35.6. The fourth-order valence-electron chi connectivity index (χ4n) is 1.44. The van der Waals surface area contributed by atoms with E-state index in [0.717, 1.165) is 12.8 Å². The van der Waals surface area contributed by atoms with Gasteiger partial charge in [0, 0.05) is 0 Å². The summed E-state index contributed by atoms with van der Waals surface area (Å²) in [4.78, 5) is 4.19. The van der Waals surface area contributed by atoms with Crippen molar-refractivity contribution in [1.82, 2.24) is 0 Å². The Morgan fingerprint density at radius 3 is 2.08 bits per heavy atom. The summed E-state index contributed by atoms with van der Waals surface area (Å²) < 4.78 is -1.56. The number of alkyl halides is 3. The van der Waals surface area contributed by atoms with Crippen molar-refractivity contribution in [2.45, 2.75) is 41.9 Å². The van der Waals surface area contributed by atoms with Gasteiger partial charge < -0.3 is 0 Å². The third-order valence-electron chi connectivity index (χ3n) is 2.10. The lowest BCUT2D eigenvalue weighted by atomic mass is 9.96. The monoisotopic (exact) mass is 261 g/mol. The molecule has 0 amide bonds. The van der Waals surface area contributed by atoms with Gasteiger partial charge in [0.15, 0.2) is 5.17 Å². The molecule has 5 heteroatoms. The van der Waals surface area contributed by atoms with Crippen molar-refractivity contribution in [1.29, 1.82) is 0 Å². The molecule has 0 unspecified atom stereocenters. The quantitative estimate of drug-likeness (QED) is 0.493. The zero-order valence-electron chi connectivity index (χ0n) is 7.07. The number of rotatable bonds is 1. The summed E-state index contributed by atoms with van der Waals surface area (Å²) in [6.45, 7) is 0. The van der Waals surface area contributed by atoms with Crippen LogP contribution in [-0.4, -0.2) is 15.0 Å². The van der Waals surface area contributed by atoms with E-state index in [1.807, 2.05) is 0 Å². The highest BCUT2D eigenvalue weighted by molar-refractivity contribution is 6.89. The second kappa shape index (κ2) is 5.06. The number of nitrogens with zero attached hydrogens (tertiary/aromatic N) is 1. The molecule has 0 aromatic heterocycles. The summed E-state index contributed by atoms with van der Waals surface area (Å²) in [7, 11) is 0. The summed E-state index contributed by atoms with van der Waals surface area (Å²) in [5.74, 6) is 0. The number of hydrogen-bond acceptors (Lipinski definition) is 1. The van der Waals surface area contributed by atoms with Crippen LogP contribution in [0.1, 0.15) is 32.1 Å². The second-order valence-electron chi connectivity index (χ2n) is 3.21. The van der Waals surface area contributed by atoms with Crippen LogP contribution >= 0.6 is 46.4 Å². The summed E-state index contributed by atoms with van der Waals surface area (Å²) in [6, 6.07) is 0.247. The lowest BCUT2D eigenvalue weighted by molar-refractivity contribution is 0.443. The zero-order valence-corrected chi connectivity index (χ0v) is 10.1. The molecule has 1 saturated carbocycles.